The van der Waals surface area contributed by atoms with Crippen LogP contribution < -0.4 is 5.32 Å². The molecule has 92 heavy (non-hydrogen) atoms. The molecule has 0 heterocycles. The van der Waals surface area contributed by atoms with E-state index in [4.69, 9.17) is 13.8 Å². The summed E-state index contributed by atoms with van der Waals surface area (Å²) < 4.78 is 30.9. The van der Waals surface area contributed by atoms with Gasteiger partial charge in [0.1, 0.15) is 19.3 Å². The van der Waals surface area contributed by atoms with E-state index < -0.39 is 20.0 Å². The van der Waals surface area contributed by atoms with Crippen molar-refractivity contribution in [1.29, 1.82) is 0 Å². The van der Waals surface area contributed by atoms with Crippen LogP contribution in [0.3, 0.4) is 0 Å². The lowest BCUT2D eigenvalue weighted by atomic mass is 10.0. The van der Waals surface area contributed by atoms with Gasteiger partial charge in [0.25, 0.3) is 0 Å². The van der Waals surface area contributed by atoms with Gasteiger partial charge in [0, 0.05) is 12.8 Å². The number of nitrogens with zero attached hydrogens (tertiary/aromatic N) is 1. The monoisotopic (exact) mass is 1300 g/mol. The fourth-order valence-electron chi connectivity index (χ4n) is 10.8. The molecule has 530 valence electrons. The predicted molar refractivity (Wildman–Crippen MR) is 401 cm³/mol. The van der Waals surface area contributed by atoms with Gasteiger partial charge in [0.05, 0.1) is 33.8 Å². The van der Waals surface area contributed by atoms with E-state index in [2.05, 4.69) is 135 Å². The van der Waals surface area contributed by atoms with Gasteiger partial charge in [-0.15, -0.1) is 0 Å². The number of esters is 1. The molecule has 0 rings (SSSR count). The Morgan fingerprint density at radius 1 is 0.391 bits per heavy atom. The van der Waals surface area contributed by atoms with Crippen molar-refractivity contribution in [3.05, 3.63) is 122 Å². The van der Waals surface area contributed by atoms with Crippen LogP contribution in [0, 0.1) is 0 Å². The number of amides is 1. The molecule has 0 aliphatic heterocycles. The third-order valence-electron chi connectivity index (χ3n) is 16.6. The van der Waals surface area contributed by atoms with Crippen molar-refractivity contribution in [1.82, 2.24) is 5.32 Å². The van der Waals surface area contributed by atoms with Crippen LogP contribution in [-0.4, -0.2) is 74.3 Å². The van der Waals surface area contributed by atoms with E-state index in [1.807, 2.05) is 33.3 Å². The molecule has 0 radical (unpaired) electrons. The van der Waals surface area contributed by atoms with Crippen molar-refractivity contribution >= 4 is 19.7 Å². The van der Waals surface area contributed by atoms with Crippen LogP contribution in [0.15, 0.2) is 122 Å². The number of phosphoric acid groups is 1. The van der Waals surface area contributed by atoms with Crippen LogP contribution in [-0.2, 0) is 27.9 Å². The van der Waals surface area contributed by atoms with E-state index in [0.717, 1.165) is 122 Å². The number of phosphoric ester groups is 1. The molecule has 1 amide bonds. The number of unbranched alkanes of at least 4 members (excludes halogenated alkanes) is 35. The first-order chi connectivity index (χ1) is 44.9. The standard InChI is InChI=1S/C82H145N2O7P/c1-7-10-13-16-19-22-25-28-30-32-34-36-38-40-42-44-46-48-50-52-54-56-59-62-65-68-71-74-81(85)83-79(78-90-92(87,88)89-77-76-84(4,5)6)80(73-70-67-64-61-58-27-24-21-18-15-12-9-3)91-82(86)75-72-69-66-63-60-57-55-53-51-49-47-45-43-41-39-37-35-33-31-29-26-23-20-17-14-11-8-2/h11,14,19-20,22-23,28-31,34-37,41,43,47,49,70,73,79-80H,7-10,12-13,15-18,21,24-27,32-33,38-40,42,44-46,48,50-69,71-72,74-78H2,1-6H3,(H-,83,85,87,88)/p+1/b14-11-,22-19-,23-20-,30-28-,31-29-,36-34-,37-35-,43-41-,49-47-,73-70+. The first kappa shape index (κ1) is 88.4. The van der Waals surface area contributed by atoms with Gasteiger partial charge in [-0.2, -0.15) is 0 Å². The Morgan fingerprint density at radius 3 is 1.07 bits per heavy atom. The molecule has 0 aliphatic rings. The average molecular weight is 1300 g/mol. The number of quaternary nitrogens is 1. The van der Waals surface area contributed by atoms with Gasteiger partial charge >= 0.3 is 13.8 Å². The molecule has 0 saturated heterocycles. The number of carbonyl (C=O) groups excluding carboxylic acids is 2. The zero-order chi connectivity index (χ0) is 67.0. The third-order valence-corrected chi connectivity index (χ3v) is 17.6. The molecule has 10 heteroatoms. The average Bonchev–Trinajstić information content (AvgIpc) is 3.72. The van der Waals surface area contributed by atoms with E-state index in [9.17, 15) is 19.0 Å². The maximum Gasteiger partial charge on any atom is 0.472 e. The lowest BCUT2D eigenvalue weighted by Crippen LogP contribution is -2.47. The van der Waals surface area contributed by atoms with Crippen molar-refractivity contribution in [3.63, 3.8) is 0 Å². The predicted octanol–water partition coefficient (Wildman–Crippen LogP) is 25.0. The number of nitrogens with one attached hydrogen (secondary N) is 1. The van der Waals surface area contributed by atoms with Crippen molar-refractivity contribution in [2.45, 2.75) is 348 Å². The molecule has 3 atom stereocenters. The summed E-state index contributed by atoms with van der Waals surface area (Å²) in [6.45, 7) is 6.89. The maximum absolute atomic E-state index is 13.7. The van der Waals surface area contributed by atoms with E-state index in [1.54, 1.807) is 0 Å². The highest BCUT2D eigenvalue weighted by atomic mass is 31.2. The fourth-order valence-corrected chi connectivity index (χ4v) is 11.5. The van der Waals surface area contributed by atoms with Gasteiger partial charge < -0.3 is 19.4 Å². The van der Waals surface area contributed by atoms with Crippen molar-refractivity contribution in [2.75, 3.05) is 40.9 Å². The SMILES string of the molecule is CC/C=C\C/C=C\C/C=C\C/C=C\C/C=C\C/C=C\CCCCCCCCCCC(=O)OC(/C=C/CCCCCCCCCCCC)C(COP(=O)(O)OCC[N+](C)(C)C)NC(=O)CCCCCCCCCCCCCCCC/C=C\C/C=C\C/C=C\CCCCC. The first-order valence-electron chi connectivity index (χ1n) is 38.4. The highest BCUT2D eigenvalue weighted by Crippen LogP contribution is 2.43. The zero-order valence-electron chi connectivity index (χ0n) is 60.8. The molecule has 0 saturated carbocycles. The lowest BCUT2D eigenvalue weighted by Gasteiger charge is -2.27. The smallest absolute Gasteiger partial charge is 0.456 e. The van der Waals surface area contributed by atoms with E-state index in [1.165, 1.54) is 180 Å². The van der Waals surface area contributed by atoms with Crippen molar-refractivity contribution < 1.29 is 37.3 Å². The Labute approximate surface area is 569 Å². The van der Waals surface area contributed by atoms with Gasteiger partial charge in [-0.3, -0.25) is 18.6 Å². The summed E-state index contributed by atoms with van der Waals surface area (Å²) in [7, 11) is 1.49. The highest BCUT2D eigenvalue weighted by molar-refractivity contribution is 7.47. The van der Waals surface area contributed by atoms with Crippen molar-refractivity contribution in [2.24, 2.45) is 0 Å². The summed E-state index contributed by atoms with van der Waals surface area (Å²) in [4.78, 5) is 38.0. The van der Waals surface area contributed by atoms with Gasteiger partial charge in [-0.25, -0.2) is 4.57 Å². The quantitative estimate of drug-likeness (QED) is 0.0205. The Morgan fingerprint density at radius 2 is 0.696 bits per heavy atom. The van der Waals surface area contributed by atoms with Crippen LogP contribution in [0.2, 0.25) is 0 Å². The molecule has 2 N–H and O–H groups in total. The molecule has 0 aromatic rings. The summed E-state index contributed by atoms with van der Waals surface area (Å²) in [5, 5.41) is 3.08. The Hall–Kier alpha value is -3.59. The Kier molecular flexibility index (Phi) is 67.5. The number of hydrogen-bond donors (Lipinski definition) is 2. The molecule has 0 aromatic heterocycles. The normalized spacial score (nSPS) is 14.1. The van der Waals surface area contributed by atoms with E-state index in [-0.39, 0.29) is 31.5 Å². The minimum absolute atomic E-state index is 0.0341. The van der Waals surface area contributed by atoms with Crippen LogP contribution in [0.25, 0.3) is 0 Å². The minimum atomic E-state index is -4.47. The zero-order valence-corrected chi connectivity index (χ0v) is 61.7. The number of ether oxygens (including phenoxy) is 1. The molecule has 3 unspecified atom stereocenters. The number of likely N-dealkylation sites (N-methyl/N-ethyl adjacent to an activating group) is 1. The fraction of sp³-hybridized carbons (Fsp3) is 0.732. The number of allylic oxidation sites excluding steroid dienone is 19. The number of hydrogen-bond acceptors (Lipinski definition) is 6. The van der Waals surface area contributed by atoms with Crippen LogP contribution >= 0.6 is 7.82 Å². The topological polar surface area (TPSA) is 111 Å². The first-order valence-corrected chi connectivity index (χ1v) is 39.9. The van der Waals surface area contributed by atoms with Crippen LogP contribution in [0.4, 0.5) is 0 Å². The molecule has 0 spiro atoms. The molecular weight excluding hydrogens is 1160 g/mol. The lowest BCUT2D eigenvalue weighted by molar-refractivity contribution is -0.870. The largest absolute Gasteiger partial charge is 0.472 e. The number of carbonyl (C=O) groups is 2. The molecular formula is C82H146N2O7P+. The summed E-state index contributed by atoms with van der Waals surface area (Å²) >= 11 is 0. The molecule has 0 bridgehead atoms. The van der Waals surface area contributed by atoms with Crippen LogP contribution in [0.1, 0.15) is 335 Å². The molecule has 9 nitrogen and oxygen atoms in total. The second-order valence-electron chi connectivity index (χ2n) is 26.8. The summed E-state index contributed by atoms with van der Waals surface area (Å²) in [6.07, 6.45) is 99.3. The Bertz CT molecular complexity index is 1990. The second kappa shape index (κ2) is 70.2. The minimum Gasteiger partial charge on any atom is -0.456 e. The molecule has 0 aliphatic carbocycles. The maximum atomic E-state index is 13.7. The summed E-state index contributed by atoms with van der Waals surface area (Å²) in [6, 6.07) is -0.861. The Balaban J connectivity index is 5.00. The van der Waals surface area contributed by atoms with Crippen molar-refractivity contribution in [3.8, 4) is 0 Å². The van der Waals surface area contributed by atoms with E-state index >= 15 is 0 Å². The van der Waals surface area contributed by atoms with Crippen LogP contribution in [0.5, 0.6) is 0 Å². The van der Waals surface area contributed by atoms with Gasteiger partial charge in [-0.1, -0.05) is 322 Å². The second-order valence-corrected chi connectivity index (χ2v) is 28.2. The van der Waals surface area contributed by atoms with Gasteiger partial charge in [-0.05, 0) is 122 Å². The van der Waals surface area contributed by atoms with Gasteiger partial charge in [0.2, 0.25) is 5.91 Å². The third kappa shape index (κ3) is 70.7. The van der Waals surface area contributed by atoms with Gasteiger partial charge in [0.15, 0.2) is 0 Å². The van der Waals surface area contributed by atoms with E-state index in [0.29, 0.717) is 17.4 Å². The molecule has 0 fully saturated rings. The molecule has 0 aromatic carbocycles. The summed E-state index contributed by atoms with van der Waals surface area (Å²) in [5.41, 5.74) is 0. The summed E-state index contributed by atoms with van der Waals surface area (Å²) in [5.74, 6) is -0.512. The highest BCUT2D eigenvalue weighted by Gasteiger charge is 2.30. The number of rotatable bonds is 69.